The van der Waals surface area contributed by atoms with Gasteiger partial charge in [-0.3, -0.25) is 4.79 Å². The van der Waals surface area contributed by atoms with Crippen molar-refractivity contribution in [2.75, 3.05) is 5.32 Å². The average molecular weight is 323 g/mol. The van der Waals surface area contributed by atoms with Crippen LogP contribution in [0.1, 0.15) is 25.1 Å². The third kappa shape index (κ3) is 3.26. The number of aryl methyl sites for hydroxylation is 1. The second-order valence-corrected chi connectivity index (χ2v) is 5.38. The lowest BCUT2D eigenvalue weighted by atomic mass is 10.0. The Bertz CT molecular complexity index is 658. The topological polar surface area (TPSA) is 98.7 Å². The predicted octanol–water partition coefficient (Wildman–Crippen LogP) is 1.46. The molecule has 1 saturated carbocycles. The van der Waals surface area contributed by atoms with Crippen LogP contribution in [0.25, 0.3) is 5.69 Å². The second-order valence-electron chi connectivity index (χ2n) is 5.38. The Balaban J connectivity index is 0.00000176. The molecule has 8 heteroatoms. The van der Waals surface area contributed by atoms with E-state index < -0.39 is 0 Å². The summed E-state index contributed by atoms with van der Waals surface area (Å²) in [5, 5.41) is 14.3. The number of rotatable bonds is 3. The van der Waals surface area contributed by atoms with E-state index in [1.807, 2.05) is 31.2 Å². The molecule has 1 aromatic heterocycles. The van der Waals surface area contributed by atoms with Gasteiger partial charge in [-0.2, -0.15) is 4.68 Å². The van der Waals surface area contributed by atoms with Crippen LogP contribution in [0.2, 0.25) is 0 Å². The molecule has 1 aliphatic rings. The van der Waals surface area contributed by atoms with Gasteiger partial charge in [0.05, 0.1) is 11.6 Å². The number of nitrogens with two attached hydrogens (primary N) is 1. The fourth-order valence-electron chi connectivity index (χ4n) is 2.73. The van der Waals surface area contributed by atoms with Gasteiger partial charge in [-0.25, -0.2) is 0 Å². The highest BCUT2D eigenvalue weighted by Crippen LogP contribution is 2.25. The largest absolute Gasteiger partial charge is 0.327 e. The van der Waals surface area contributed by atoms with Crippen molar-refractivity contribution in [3.05, 3.63) is 30.1 Å². The van der Waals surface area contributed by atoms with Crippen LogP contribution in [0.5, 0.6) is 0 Å². The van der Waals surface area contributed by atoms with Gasteiger partial charge in [0.2, 0.25) is 5.91 Å². The van der Waals surface area contributed by atoms with Gasteiger partial charge in [-0.15, -0.1) is 17.5 Å². The molecule has 118 valence electrons. The molecule has 3 rings (SSSR count). The summed E-state index contributed by atoms with van der Waals surface area (Å²) in [4.78, 5) is 12.3. The normalized spacial score (nSPS) is 20.5. The van der Waals surface area contributed by atoms with Gasteiger partial charge in [-0.1, -0.05) is 12.5 Å². The molecule has 2 atom stereocenters. The minimum Gasteiger partial charge on any atom is -0.327 e. The Morgan fingerprint density at radius 1 is 1.41 bits per heavy atom. The van der Waals surface area contributed by atoms with Crippen molar-refractivity contribution in [3.63, 3.8) is 0 Å². The van der Waals surface area contributed by atoms with E-state index in [-0.39, 0.29) is 30.3 Å². The zero-order valence-corrected chi connectivity index (χ0v) is 13.1. The summed E-state index contributed by atoms with van der Waals surface area (Å²) in [5.74, 6) is 0.588. The Morgan fingerprint density at radius 3 is 2.86 bits per heavy atom. The van der Waals surface area contributed by atoms with Gasteiger partial charge in [0, 0.05) is 11.7 Å². The maximum Gasteiger partial charge on any atom is 0.229 e. The van der Waals surface area contributed by atoms with E-state index in [9.17, 15) is 4.79 Å². The molecule has 0 radical (unpaired) electrons. The van der Waals surface area contributed by atoms with Crippen LogP contribution < -0.4 is 11.1 Å². The number of carbonyl (C=O) groups is 1. The number of tetrazole rings is 1. The minimum atomic E-state index is -0.0940. The summed E-state index contributed by atoms with van der Waals surface area (Å²) in [6.45, 7) is 1.82. The van der Waals surface area contributed by atoms with Crippen molar-refractivity contribution in [1.82, 2.24) is 20.2 Å². The highest BCUT2D eigenvalue weighted by atomic mass is 35.5. The van der Waals surface area contributed by atoms with Gasteiger partial charge >= 0.3 is 0 Å². The first kappa shape index (κ1) is 16.4. The van der Waals surface area contributed by atoms with Crippen LogP contribution >= 0.6 is 12.4 Å². The molecule has 2 unspecified atom stereocenters. The van der Waals surface area contributed by atoms with Crippen LogP contribution in [-0.2, 0) is 4.79 Å². The molecule has 0 spiro atoms. The van der Waals surface area contributed by atoms with Gasteiger partial charge in [0.25, 0.3) is 0 Å². The number of hydrogen-bond donors (Lipinski definition) is 2. The molecular weight excluding hydrogens is 304 g/mol. The minimum absolute atomic E-state index is 0. The summed E-state index contributed by atoms with van der Waals surface area (Å²) in [7, 11) is 0. The van der Waals surface area contributed by atoms with Crippen LogP contribution in [-0.4, -0.2) is 32.2 Å². The summed E-state index contributed by atoms with van der Waals surface area (Å²) in [6, 6.07) is 7.42. The van der Waals surface area contributed by atoms with Gasteiger partial charge in [-0.05, 0) is 48.4 Å². The Morgan fingerprint density at radius 2 is 2.23 bits per heavy atom. The van der Waals surface area contributed by atoms with Crippen molar-refractivity contribution in [2.45, 2.75) is 32.2 Å². The first-order valence-electron chi connectivity index (χ1n) is 7.07. The van der Waals surface area contributed by atoms with E-state index >= 15 is 0 Å². The fraction of sp³-hybridized carbons (Fsp3) is 0.429. The molecule has 1 aromatic carbocycles. The van der Waals surface area contributed by atoms with Crippen molar-refractivity contribution < 1.29 is 4.79 Å². The standard InChI is InChI=1S/C14H18N6O.ClH/c1-9-17-18-19-20(9)11-5-2-4-10(8-11)16-14(21)12-6-3-7-13(12)15;/h2,4-5,8,12-13H,3,6-7,15H2,1H3,(H,16,21);1H. The van der Waals surface area contributed by atoms with E-state index in [1.165, 1.54) is 0 Å². The molecule has 1 aliphatic carbocycles. The van der Waals surface area contributed by atoms with Crippen molar-refractivity contribution in [1.29, 1.82) is 0 Å². The molecule has 0 aliphatic heterocycles. The Kier molecular flexibility index (Phi) is 5.10. The summed E-state index contributed by atoms with van der Waals surface area (Å²) < 4.78 is 1.62. The van der Waals surface area contributed by atoms with Crippen LogP contribution in [0, 0.1) is 12.8 Å². The van der Waals surface area contributed by atoms with E-state index in [0.717, 1.165) is 30.6 Å². The fourth-order valence-corrected chi connectivity index (χ4v) is 2.73. The van der Waals surface area contributed by atoms with Crippen LogP contribution in [0.15, 0.2) is 24.3 Å². The van der Waals surface area contributed by atoms with Gasteiger partial charge in [0.1, 0.15) is 0 Å². The molecule has 1 heterocycles. The summed E-state index contributed by atoms with van der Waals surface area (Å²) >= 11 is 0. The quantitative estimate of drug-likeness (QED) is 0.891. The van der Waals surface area contributed by atoms with Gasteiger partial charge in [0.15, 0.2) is 5.82 Å². The maximum atomic E-state index is 12.3. The number of anilines is 1. The zero-order chi connectivity index (χ0) is 14.8. The molecule has 7 nitrogen and oxygen atoms in total. The number of nitrogens with one attached hydrogen (secondary N) is 1. The number of halogens is 1. The SMILES string of the molecule is Cc1nnnn1-c1cccc(NC(=O)C2CCCC2N)c1.Cl. The number of benzene rings is 1. The monoisotopic (exact) mass is 322 g/mol. The second kappa shape index (κ2) is 6.85. The summed E-state index contributed by atoms with van der Waals surface area (Å²) in [5.41, 5.74) is 7.51. The number of aromatic nitrogens is 4. The molecule has 22 heavy (non-hydrogen) atoms. The lowest BCUT2D eigenvalue weighted by molar-refractivity contribution is -0.120. The molecule has 1 amide bonds. The molecular formula is C14H19ClN6O. The Labute approximate surface area is 134 Å². The number of hydrogen-bond acceptors (Lipinski definition) is 5. The molecule has 2 aromatic rings. The first-order chi connectivity index (χ1) is 10.1. The van der Waals surface area contributed by atoms with Gasteiger partial charge < -0.3 is 11.1 Å². The van der Waals surface area contributed by atoms with E-state index in [2.05, 4.69) is 20.8 Å². The molecule has 0 bridgehead atoms. The van der Waals surface area contributed by atoms with E-state index in [4.69, 9.17) is 5.73 Å². The van der Waals surface area contributed by atoms with E-state index in [0.29, 0.717) is 5.82 Å². The van der Waals surface area contributed by atoms with Crippen molar-refractivity contribution >= 4 is 24.0 Å². The first-order valence-corrected chi connectivity index (χ1v) is 7.07. The average Bonchev–Trinajstić information content (AvgIpc) is 3.07. The smallest absolute Gasteiger partial charge is 0.229 e. The number of nitrogens with zero attached hydrogens (tertiary/aromatic N) is 4. The van der Waals surface area contributed by atoms with E-state index in [1.54, 1.807) is 4.68 Å². The highest BCUT2D eigenvalue weighted by Gasteiger charge is 2.30. The third-order valence-corrected chi connectivity index (χ3v) is 3.89. The maximum absolute atomic E-state index is 12.3. The third-order valence-electron chi connectivity index (χ3n) is 3.89. The molecule has 0 saturated heterocycles. The van der Waals surface area contributed by atoms with Crippen molar-refractivity contribution in [3.8, 4) is 5.69 Å². The lowest BCUT2D eigenvalue weighted by Crippen LogP contribution is -2.34. The Hall–Kier alpha value is -1.99. The lowest BCUT2D eigenvalue weighted by Gasteiger charge is -2.15. The summed E-state index contributed by atoms with van der Waals surface area (Å²) in [6.07, 6.45) is 2.80. The number of carbonyl (C=O) groups excluding carboxylic acids is 1. The number of amides is 1. The predicted molar refractivity (Wildman–Crippen MR) is 85.1 cm³/mol. The van der Waals surface area contributed by atoms with Crippen LogP contribution in [0.4, 0.5) is 5.69 Å². The molecule has 3 N–H and O–H groups in total. The zero-order valence-electron chi connectivity index (χ0n) is 12.3. The molecule has 1 fully saturated rings. The van der Waals surface area contributed by atoms with Crippen LogP contribution in [0.3, 0.4) is 0 Å². The highest BCUT2D eigenvalue weighted by molar-refractivity contribution is 5.93. The van der Waals surface area contributed by atoms with Crippen molar-refractivity contribution in [2.24, 2.45) is 11.7 Å².